The number of aromatic nitrogens is 4. The van der Waals surface area contributed by atoms with Gasteiger partial charge in [0.2, 0.25) is 11.7 Å². The Morgan fingerprint density at radius 2 is 1.76 bits per heavy atom. The molecule has 3 amide bonds. The quantitative estimate of drug-likeness (QED) is 0.265. The van der Waals surface area contributed by atoms with Gasteiger partial charge < -0.3 is 20.7 Å². The van der Waals surface area contributed by atoms with E-state index >= 15 is 0 Å². The molecule has 0 saturated carbocycles. The highest BCUT2D eigenvalue weighted by atomic mass is 35.5. The van der Waals surface area contributed by atoms with Crippen molar-refractivity contribution in [3.63, 3.8) is 0 Å². The fourth-order valence-electron chi connectivity index (χ4n) is 3.30. The van der Waals surface area contributed by atoms with Gasteiger partial charge in [-0.15, -0.1) is 10.2 Å². The zero-order valence-electron chi connectivity index (χ0n) is 19.7. The molecule has 0 aliphatic rings. The summed E-state index contributed by atoms with van der Waals surface area (Å²) >= 11 is 12.2. The molecule has 0 saturated heterocycles. The molecular weight excluding hydrogens is 517 g/mol. The fraction of sp³-hybridized carbons (Fsp3) is 0.160. The topological polar surface area (TPSA) is 123 Å². The third kappa shape index (κ3) is 7.42. The first-order valence-electron chi connectivity index (χ1n) is 11.3. The third-order valence-corrected chi connectivity index (χ3v) is 5.52. The molecule has 37 heavy (non-hydrogen) atoms. The van der Waals surface area contributed by atoms with E-state index in [0.29, 0.717) is 32.8 Å². The zero-order chi connectivity index (χ0) is 26.2. The highest BCUT2D eigenvalue weighted by molar-refractivity contribution is 6.35. The second-order valence-electron chi connectivity index (χ2n) is 7.92. The smallest absolute Gasteiger partial charge is 0.319 e. The van der Waals surface area contributed by atoms with Crippen molar-refractivity contribution in [1.82, 2.24) is 30.8 Å². The Bertz CT molecular complexity index is 1410. The second-order valence-corrected chi connectivity index (χ2v) is 8.76. The molecule has 0 aliphatic heterocycles. The first-order chi connectivity index (χ1) is 17.9. The number of urea groups is 1. The van der Waals surface area contributed by atoms with Crippen LogP contribution >= 0.6 is 23.2 Å². The number of rotatable bonds is 9. The number of carbonyl (C=O) groups excluding carboxylic acids is 2. The van der Waals surface area contributed by atoms with E-state index in [-0.39, 0.29) is 37.4 Å². The number of anilines is 1. The lowest BCUT2D eigenvalue weighted by atomic mass is 10.2. The summed E-state index contributed by atoms with van der Waals surface area (Å²) in [5, 5.41) is 21.3. The van der Waals surface area contributed by atoms with Crippen LogP contribution < -0.4 is 20.7 Å². The van der Waals surface area contributed by atoms with Crippen LogP contribution in [0.1, 0.15) is 5.56 Å². The van der Waals surface area contributed by atoms with Crippen LogP contribution in [0.15, 0.2) is 66.7 Å². The van der Waals surface area contributed by atoms with Crippen LogP contribution in [-0.4, -0.2) is 45.2 Å². The molecule has 0 bridgehead atoms. The molecule has 3 N–H and O–H groups in total. The zero-order valence-corrected chi connectivity index (χ0v) is 21.3. The number of hydrogen-bond acceptors (Lipinski definition) is 6. The minimum Gasteiger partial charge on any atom is -0.455 e. The van der Waals surface area contributed by atoms with Crippen LogP contribution in [0.2, 0.25) is 10.0 Å². The van der Waals surface area contributed by atoms with Gasteiger partial charge in [0.1, 0.15) is 18.0 Å². The number of benzene rings is 3. The average molecular weight is 540 g/mol. The SMILES string of the molecule is Cc1cccc(NC(=O)NCCNC(=O)Cn2nnc(-c3ccccc3Oc3ccc(Cl)cc3Cl)n2)c1. The minimum absolute atomic E-state index is 0.144. The van der Waals surface area contributed by atoms with Crippen LogP contribution in [-0.2, 0) is 11.3 Å². The van der Waals surface area contributed by atoms with Gasteiger partial charge in [-0.2, -0.15) is 4.80 Å². The van der Waals surface area contributed by atoms with Crippen LogP contribution in [0.5, 0.6) is 11.5 Å². The van der Waals surface area contributed by atoms with Crippen molar-refractivity contribution in [2.24, 2.45) is 0 Å². The molecule has 4 rings (SSSR count). The predicted octanol–water partition coefficient (Wildman–Crippen LogP) is 4.69. The van der Waals surface area contributed by atoms with Crippen LogP contribution in [0.4, 0.5) is 10.5 Å². The van der Waals surface area contributed by atoms with E-state index in [1.54, 1.807) is 48.5 Å². The molecule has 4 aromatic rings. The molecule has 0 atom stereocenters. The Morgan fingerprint density at radius 3 is 2.57 bits per heavy atom. The van der Waals surface area contributed by atoms with Crippen LogP contribution in [0.25, 0.3) is 11.4 Å². The van der Waals surface area contributed by atoms with Gasteiger partial charge in [-0.05, 0) is 60.2 Å². The van der Waals surface area contributed by atoms with E-state index in [1.165, 1.54) is 4.80 Å². The van der Waals surface area contributed by atoms with E-state index in [4.69, 9.17) is 27.9 Å². The van der Waals surface area contributed by atoms with Gasteiger partial charge in [-0.25, -0.2) is 4.79 Å². The molecule has 1 heterocycles. The molecule has 1 aromatic heterocycles. The van der Waals surface area contributed by atoms with Crippen molar-refractivity contribution in [2.45, 2.75) is 13.5 Å². The van der Waals surface area contributed by atoms with Gasteiger partial charge >= 0.3 is 6.03 Å². The highest BCUT2D eigenvalue weighted by Crippen LogP contribution is 2.35. The second kappa shape index (κ2) is 12.2. The fourth-order valence-corrected chi connectivity index (χ4v) is 3.74. The number of carbonyl (C=O) groups is 2. The number of hydrogen-bond donors (Lipinski definition) is 3. The highest BCUT2D eigenvalue weighted by Gasteiger charge is 2.15. The number of aryl methyl sites for hydroxylation is 1. The molecule has 0 spiro atoms. The van der Waals surface area contributed by atoms with E-state index < -0.39 is 0 Å². The summed E-state index contributed by atoms with van der Waals surface area (Å²) in [4.78, 5) is 25.4. The van der Waals surface area contributed by atoms with Crippen molar-refractivity contribution in [1.29, 1.82) is 0 Å². The first-order valence-corrected chi connectivity index (χ1v) is 12.0. The Balaban J connectivity index is 1.28. The molecule has 10 nitrogen and oxygen atoms in total. The molecule has 0 fully saturated rings. The Kier molecular flexibility index (Phi) is 8.55. The third-order valence-electron chi connectivity index (χ3n) is 4.99. The summed E-state index contributed by atoms with van der Waals surface area (Å²) < 4.78 is 5.94. The van der Waals surface area contributed by atoms with E-state index in [0.717, 1.165) is 5.56 Å². The van der Waals surface area contributed by atoms with E-state index in [9.17, 15) is 9.59 Å². The maximum atomic E-state index is 12.3. The summed E-state index contributed by atoms with van der Waals surface area (Å²) in [6, 6.07) is 19.1. The number of para-hydroxylation sites is 1. The van der Waals surface area contributed by atoms with E-state index in [2.05, 4.69) is 31.4 Å². The number of ether oxygens (including phenoxy) is 1. The summed E-state index contributed by atoms with van der Waals surface area (Å²) in [7, 11) is 0. The van der Waals surface area contributed by atoms with Crippen LogP contribution in [0, 0.1) is 6.92 Å². The van der Waals surface area contributed by atoms with Gasteiger partial charge in [0.05, 0.1) is 10.6 Å². The number of nitrogens with zero attached hydrogens (tertiary/aromatic N) is 4. The predicted molar refractivity (Wildman–Crippen MR) is 141 cm³/mol. The van der Waals surface area contributed by atoms with Crippen LogP contribution in [0.3, 0.4) is 0 Å². The number of halogens is 2. The van der Waals surface area contributed by atoms with Crippen molar-refractivity contribution >= 4 is 40.8 Å². The van der Waals surface area contributed by atoms with Gasteiger partial charge in [0, 0.05) is 23.8 Å². The van der Waals surface area contributed by atoms with E-state index in [1.807, 2.05) is 25.1 Å². The molecule has 0 aliphatic carbocycles. The minimum atomic E-state index is -0.358. The lowest BCUT2D eigenvalue weighted by Crippen LogP contribution is -2.38. The van der Waals surface area contributed by atoms with Crippen molar-refractivity contribution in [3.05, 3.63) is 82.3 Å². The first kappa shape index (κ1) is 25.9. The molecule has 3 aromatic carbocycles. The van der Waals surface area contributed by atoms with Gasteiger partial charge in [-0.3, -0.25) is 4.79 Å². The Labute approximate surface area is 222 Å². The lowest BCUT2D eigenvalue weighted by Gasteiger charge is -2.10. The lowest BCUT2D eigenvalue weighted by molar-refractivity contribution is -0.122. The standard InChI is InChI=1S/C25H23Cl2N7O3/c1-16-5-4-6-18(13-16)30-25(36)29-12-11-28-23(35)15-34-32-24(31-33-34)19-7-2-3-8-21(19)37-22-10-9-17(26)14-20(22)27/h2-10,13-14H,11-12,15H2,1H3,(H,28,35)(H2,29,30,36). The van der Waals surface area contributed by atoms with Crippen molar-refractivity contribution < 1.29 is 14.3 Å². The van der Waals surface area contributed by atoms with Crippen molar-refractivity contribution in [2.75, 3.05) is 18.4 Å². The average Bonchev–Trinajstić information content (AvgIpc) is 3.32. The molecule has 12 heteroatoms. The normalized spacial score (nSPS) is 10.6. The molecule has 0 unspecified atom stereocenters. The Hall–Kier alpha value is -4.15. The number of nitrogens with one attached hydrogen (secondary N) is 3. The summed E-state index contributed by atoms with van der Waals surface area (Å²) in [5.41, 5.74) is 2.30. The maximum Gasteiger partial charge on any atom is 0.319 e. The van der Waals surface area contributed by atoms with Crippen molar-refractivity contribution in [3.8, 4) is 22.9 Å². The molecule has 0 radical (unpaired) electrons. The Morgan fingerprint density at radius 1 is 0.946 bits per heavy atom. The summed E-state index contributed by atoms with van der Waals surface area (Å²) in [5.74, 6) is 0.836. The summed E-state index contributed by atoms with van der Waals surface area (Å²) in [6.07, 6.45) is 0. The summed E-state index contributed by atoms with van der Waals surface area (Å²) in [6.45, 7) is 2.28. The number of amides is 3. The molecular formula is C25H23Cl2N7O3. The van der Waals surface area contributed by atoms with Gasteiger partial charge in [-0.1, -0.05) is 47.5 Å². The van der Waals surface area contributed by atoms with Gasteiger partial charge in [0.25, 0.3) is 0 Å². The monoisotopic (exact) mass is 539 g/mol. The maximum absolute atomic E-state index is 12.3. The largest absolute Gasteiger partial charge is 0.455 e. The van der Waals surface area contributed by atoms with Gasteiger partial charge in [0.15, 0.2) is 0 Å². The number of tetrazole rings is 1. The molecule has 190 valence electrons.